The zero-order valence-corrected chi connectivity index (χ0v) is 20.5. The molecule has 0 spiro atoms. The van der Waals surface area contributed by atoms with Crippen LogP contribution in [-0.2, 0) is 18.3 Å². The van der Waals surface area contributed by atoms with Crippen molar-refractivity contribution in [3.63, 3.8) is 0 Å². The van der Waals surface area contributed by atoms with E-state index >= 15 is 0 Å². The first kappa shape index (κ1) is 24.6. The molecule has 0 aliphatic heterocycles. The third-order valence-electron chi connectivity index (χ3n) is 5.69. The average molecular weight is 491 g/mol. The van der Waals surface area contributed by atoms with Crippen LogP contribution in [0.3, 0.4) is 0 Å². The van der Waals surface area contributed by atoms with Crippen LogP contribution in [0.2, 0.25) is 0 Å². The van der Waals surface area contributed by atoms with Crippen LogP contribution in [0.4, 0.5) is 5.69 Å². The van der Waals surface area contributed by atoms with E-state index in [-0.39, 0.29) is 36.2 Å². The molecular weight excluding hydrogens is 464 g/mol. The van der Waals surface area contributed by atoms with Crippen molar-refractivity contribution in [1.82, 2.24) is 24.5 Å². The minimum absolute atomic E-state index is 0.0542. The summed E-state index contributed by atoms with van der Waals surface area (Å²) in [5.41, 5.74) is 0.884. The third-order valence-corrected chi connectivity index (χ3v) is 5.69. The maximum atomic E-state index is 12.8. The molecule has 4 aromatic rings. The molecule has 2 aromatic heterocycles. The summed E-state index contributed by atoms with van der Waals surface area (Å²) in [7, 11) is 2.94. The van der Waals surface area contributed by atoms with E-state index in [4.69, 9.17) is 9.26 Å². The zero-order chi connectivity index (χ0) is 25.8. The van der Waals surface area contributed by atoms with Gasteiger partial charge in [0.25, 0.3) is 5.56 Å². The van der Waals surface area contributed by atoms with Crippen molar-refractivity contribution in [1.29, 1.82) is 0 Å². The molecule has 11 heteroatoms. The van der Waals surface area contributed by atoms with Gasteiger partial charge in [-0.2, -0.15) is 14.8 Å². The second kappa shape index (κ2) is 10.4. The molecule has 186 valence electrons. The summed E-state index contributed by atoms with van der Waals surface area (Å²) in [5, 5.41) is 8.08. The normalized spacial score (nSPS) is 10.9. The molecule has 0 radical (unpaired) electrons. The highest BCUT2D eigenvalue weighted by molar-refractivity contribution is 5.93. The molecule has 0 saturated carbocycles. The number of rotatable bonds is 8. The summed E-state index contributed by atoms with van der Waals surface area (Å²) in [6, 6.07) is 14.3. The monoisotopic (exact) mass is 490 g/mol. The smallest absolute Gasteiger partial charge is 0.351 e. The molecule has 4 rings (SSSR count). The Labute approximate surface area is 206 Å². The van der Waals surface area contributed by atoms with Gasteiger partial charge < -0.3 is 14.2 Å². The minimum atomic E-state index is -0.650. The fourth-order valence-electron chi connectivity index (χ4n) is 3.63. The molecule has 0 atom stereocenters. The number of aromatic nitrogens is 5. The molecule has 0 bridgehead atoms. The van der Waals surface area contributed by atoms with E-state index in [0.717, 1.165) is 20.5 Å². The lowest BCUT2D eigenvalue weighted by Crippen LogP contribution is -2.40. The number of benzene rings is 2. The first-order valence-electron chi connectivity index (χ1n) is 11.4. The minimum Gasteiger partial charge on any atom is -0.497 e. The Kier molecular flexibility index (Phi) is 7.09. The van der Waals surface area contributed by atoms with E-state index < -0.39 is 11.2 Å². The lowest BCUT2D eigenvalue weighted by atomic mass is 10.2. The summed E-state index contributed by atoms with van der Waals surface area (Å²) in [6.45, 7) is 4.30. The van der Waals surface area contributed by atoms with Gasteiger partial charge >= 0.3 is 5.69 Å². The number of hydrogen-bond acceptors (Lipinski definition) is 8. The first-order valence-corrected chi connectivity index (χ1v) is 11.4. The summed E-state index contributed by atoms with van der Waals surface area (Å²) < 4.78 is 12.5. The van der Waals surface area contributed by atoms with Crippen LogP contribution in [0.1, 0.15) is 24.8 Å². The standard InChI is InChI=1S/C25H26N6O5/c1-5-30(17-10-12-19(35-4)13-11-17)21(32)15-14-20-26-23(28-36-20)22-24(33)29(3)25(34)31(27-22)18-8-6-16(2)7-9-18/h6-13H,5,14-15H2,1-4H3. The number of carbonyl (C=O) groups excluding carboxylic acids is 1. The number of methoxy groups -OCH3 is 1. The van der Waals surface area contributed by atoms with Crippen LogP contribution < -0.4 is 20.9 Å². The van der Waals surface area contributed by atoms with Gasteiger partial charge in [-0.1, -0.05) is 22.9 Å². The molecule has 0 saturated heterocycles. The van der Waals surface area contributed by atoms with Crippen LogP contribution >= 0.6 is 0 Å². The van der Waals surface area contributed by atoms with Crippen molar-refractivity contribution in [2.75, 3.05) is 18.6 Å². The Balaban J connectivity index is 1.54. The molecule has 0 aliphatic carbocycles. The summed E-state index contributed by atoms with van der Waals surface area (Å²) in [5.74, 6) is 0.709. The van der Waals surface area contributed by atoms with Gasteiger partial charge in [-0.05, 0) is 50.2 Å². The highest BCUT2D eigenvalue weighted by atomic mass is 16.5. The Bertz CT molecular complexity index is 1490. The van der Waals surface area contributed by atoms with Crippen molar-refractivity contribution in [3.05, 3.63) is 80.8 Å². The van der Waals surface area contributed by atoms with Crippen molar-refractivity contribution in [3.8, 4) is 23.0 Å². The molecule has 36 heavy (non-hydrogen) atoms. The molecule has 0 fully saturated rings. The van der Waals surface area contributed by atoms with Crippen molar-refractivity contribution < 1.29 is 14.1 Å². The maximum absolute atomic E-state index is 12.8. The number of anilines is 1. The number of nitrogens with zero attached hydrogens (tertiary/aromatic N) is 6. The largest absolute Gasteiger partial charge is 0.497 e. The number of ether oxygens (including phenoxy) is 1. The molecule has 0 aliphatic rings. The zero-order valence-electron chi connectivity index (χ0n) is 20.5. The fourth-order valence-corrected chi connectivity index (χ4v) is 3.63. The van der Waals surface area contributed by atoms with Gasteiger partial charge in [0.1, 0.15) is 5.75 Å². The summed E-state index contributed by atoms with van der Waals surface area (Å²) in [6.07, 6.45) is 0.298. The van der Waals surface area contributed by atoms with Gasteiger partial charge in [0, 0.05) is 32.1 Å². The van der Waals surface area contributed by atoms with Crippen molar-refractivity contribution >= 4 is 11.6 Å². The Morgan fingerprint density at radius 1 is 1.08 bits per heavy atom. The van der Waals surface area contributed by atoms with Gasteiger partial charge in [-0.3, -0.25) is 14.2 Å². The molecule has 1 amide bonds. The lowest BCUT2D eigenvalue weighted by Gasteiger charge is -2.21. The quantitative estimate of drug-likeness (QED) is 0.368. The van der Waals surface area contributed by atoms with Crippen molar-refractivity contribution in [2.45, 2.75) is 26.7 Å². The molecule has 2 aromatic carbocycles. The topological polar surface area (TPSA) is 125 Å². The molecule has 11 nitrogen and oxygen atoms in total. The van der Waals surface area contributed by atoms with Crippen LogP contribution in [0.5, 0.6) is 5.75 Å². The van der Waals surface area contributed by atoms with Crippen LogP contribution in [0.15, 0.2) is 62.6 Å². The van der Waals surface area contributed by atoms with Gasteiger partial charge in [0.05, 0.1) is 12.8 Å². The van der Waals surface area contributed by atoms with Gasteiger partial charge in [0.15, 0.2) is 5.69 Å². The summed E-state index contributed by atoms with van der Waals surface area (Å²) in [4.78, 5) is 44.1. The van der Waals surface area contributed by atoms with E-state index in [0.29, 0.717) is 18.0 Å². The van der Waals surface area contributed by atoms with E-state index in [1.165, 1.54) is 7.05 Å². The van der Waals surface area contributed by atoms with Crippen LogP contribution in [-0.4, -0.2) is 44.0 Å². The second-order valence-corrected chi connectivity index (χ2v) is 8.09. The van der Waals surface area contributed by atoms with Crippen LogP contribution in [0, 0.1) is 6.92 Å². The van der Waals surface area contributed by atoms with E-state index in [2.05, 4.69) is 15.2 Å². The van der Waals surface area contributed by atoms with E-state index in [1.807, 2.05) is 38.1 Å². The van der Waals surface area contributed by atoms with Gasteiger partial charge in [0.2, 0.25) is 17.6 Å². The van der Waals surface area contributed by atoms with Crippen molar-refractivity contribution in [2.24, 2.45) is 7.05 Å². The number of carbonyl (C=O) groups is 1. The predicted molar refractivity (Wildman–Crippen MR) is 132 cm³/mol. The lowest BCUT2D eigenvalue weighted by molar-refractivity contribution is -0.118. The van der Waals surface area contributed by atoms with Gasteiger partial charge in [-0.25, -0.2) is 4.79 Å². The fraction of sp³-hybridized carbons (Fsp3) is 0.280. The number of hydrogen-bond donors (Lipinski definition) is 0. The van der Waals surface area contributed by atoms with Crippen LogP contribution in [0.25, 0.3) is 17.2 Å². The first-order chi connectivity index (χ1) is 17.3. The molecule has 0 N–H and O–H groups in total. The summed E-state index contributed by atoms with van der Waals surface area (Å²) >= 11 is 0. The highest BCUT2D eigenvalue weighted by Crippen LogP contribution is 2.20. The predicted octanol–water partition coefficient (Wildman–Crippen LogP) is 2.28. The Morgan fingerprint density at radius 3 is 2.42 bits per heavy atom. The average Bonchev–Trinajstić information content (AvgIpc) is 3.36. The number of aryl methyl sites for hydroxylation is 2. The third kappa shape index (κ3) is 4.95. The van der Waals surface area contributed by atoms with E-state index in [9.17, 15) is 14.4 Å². The van der Waals surface area contributed by atoms with Gasteiger partial charge in [-0.15, -0.1) is 0 Å². The molecule has 2 heterocycles. The maximum Gasteiger partial charge on any atom is 0.351 e. The molecular formula is C25H26N6O5. The van der Waals surface area contributed by atoms with E-state index in [1.54, 1.807) is 36.3 Å². The molecule has 0 unspecified atom stereocenters. The Morgan fingerprint density at radius 2 is 1.78 bits per heavy atom. The highest BCUT2D eigenvalue weighted by Gasteiger charge is 2.20. The SMILES string of the molecule is CCN(C(=O)CCc1nc(-c2nn(-c3ccc(C)cc3)c(=O)n(C)c2=O)no1)c1ccc(OC)cc1. The second-order valence-electron chi connectivity index (χ2n) is 8.09. The number of amides is 1. The Hall–Kier alpha value is -4.54.